The van der Waals surface area contributed by atoms with Gasteiger partial charge in [-0.3, -0.25) is 14.4 Å². The van der Waals surface area contributed by atoms with Crippen LogP contribution in [0.1, 0.15) is 22.8 Å². The maximum Gasteiger partial charge on any atom is 0.325 e. The molecule has 8 nitrogen and oxygen atoms in total. The summed E-state index contributed by atoms with van der Waals surface area (Å²) in [5.74, 6) is -0.690. The SMILES string of the molecule is COc1ccc2c(c1)CC(C(=O)Nc1ccc(C(=O)NC(C)C(=O)O)cc1)CO2. The molecule has 1 aliphatic rings. The fourth-order valence-electron chi connectivity index (χ4n) is 2.96. The molecule has 0 fully saturated rings. The molecule has 2 atom stereocenters. The molecule has 3 N–H and O–H groups in total. The van der Waals surface area contributed by atoms with E-state index in [1.54, 1.807) is 19.2 Å². The van der Waals surface area contributed by atoms with E-state index in [0.29, 0.717) is 23.4 Å². The van der Waals surface area contributed by atoms with Gasteiger partial charge >= 0.3 is 5.97 Å². The van der Waals surface area contributed by atoms with E-state index in [1.807, 2.05) is 18.2 Å². The van der Waals surface area contributed by atoms with Gasteiger partial charge in [-0.25, -0.2) is 0 Å². The van der Waals surface area contributed by atoms with E-state index in [4.69, 9.17) is 14.6 Å². The molecule has 0 spiro atoms. The normalized spacial score (nSPS) is 16.0. The fourth-order valence-corrected chi connectivity index (χ4v) is 2.96. The third-order valence-corrected chi connectivity index (χ3v) is 4.68. The smallest absolute Gasteiger partial charge is 0.325 e. The third kappa shape index (κ3) is 4.84. The lowest BCUT2D eigenvalue weighted by Crippen LogP contribution is -2.38. The molecular weight excluding hydrogens is 376 g/mol. The number of carbonyl (C=O) groups is 3. The molecule has 1 aliphatic heterocycles. The van der Waals surface area contributed by atoms with Gasteiger partial charge in [-0.2, -0.15) is 0 Å². The van der Waals surface area contributed by atoms with Gasteiger partial charge in [-0.1, -0.05) is 0 Å². The van der Waals surface area contributed by atoms with Crippen LogP contribution >= 0.6 is 0 Å². The van der Waals surface area contributed by atoms with E-state index in [-0.39, 0.29) is 18.4 Å². The summed E-state index contributed by atoms with van der Waals surface area (Å²) in [6.07, 6.45) is 0.534. The van der Waals surface area contributed by atoms with Crippen molar-refractivity contribution < 1.29 is 29.0 Å². The van der Waals surface area contributed by atoms with E-state index < -0.39 is 17.9 Å². The topological polar surface area (TPSA) is 114 Å². The zero-order valence-electron chi connectivity index (χ0n) is 16.1. The highest BCUT2D eigenvalue weighted by atomic mass is 16.5. The lowest BCUT2D eigenvalue weighted by Gasteiger charge is -2.25. The molecule has 152 valence electrons. The highest BCUT2D eigenvalue weighted by molar-refractivity contribution is 5.98. The van der Waals surface area contributed by atoms with E-state index in [9.17, 15) is 14.4 Å². The number of hydrogen-bond acceptors (Lipinski definition) is 5. The van der Waals surface area contributed by atoms with Gasteiger partial charge in [0.1, 0.15) is 24.1 Å². The summed E-state index contributed by atoms with van der Waals surface area (Å²) < 4.78 is 10.9. The van der Waals surface area contributed by atoms with Gasteiger partial charge in [0.25, 0.3) is 5.91 Å². The molecule has 0 saturated carbocycles. The minimum atomic E-state index is -1.11. The number of carboxylic acids is 1. The molecule has 2 aromatic rings. The first kappa shape index (κ1) is 20.2. The number of hydrogen-bond donors (Lipinski definition) is 3. The molecule has 2 aromatic carbocycles. The number of fused-ring (bicyclic) bond motifs is 1. The summed E-state index contributed by atoms with van der Waals surface area (Å²) in [6.45, 7) is 1.66. The average molecular weight is 398 g/mol. The quantitative estimate of drug-likeness (QED) is 0.687. The first-order valence-electron chi connectivity index (χ1n) is 9.11. The van der Waals surface area contributed by atoms with Crippen LogP contribution in [0, 0.1) is 5.92 Å². The van der Waals surface area contributed by atoms with Gasteiger partial charge in [0.15, 0.2) is 0 Å². The number of ether oxygens (including phenoxy) is 2. The van der Waals surface area contributed by atoms with Crippen molar-refractivity contribution in [1.29, 1.82) is 0 Å². The van der Waals surface area contributed by atoms with Crippen molar-refractivity contribution in [2.24, 2.45) is 5.92 Å². The second-order valence-corrected chi connectivity index (χ2v) is 6.79. The third-order valence-electron chi connectivity index (χ3n) is 4.68. The zero-order chi connectivity index (χ0) is 21.0. The molecular formula is C21H22N2O6. The summed E-state index contributed by atoms with van der Waals surface area (Å²) in [5.41, 5.74) is 1.75. The standard InChI is InChI=1S/C21H22N2O6/c1-12(21(26)27)22-19(24)13-3-5-16(6-4-13)23-20(25)15-9-14-10-17(28-2)7-8-18(14)29-11-15/h3-8,10,12,15H,9,11H2,1-2H3,(H,22,24)(H,23,25)(H,26,27). The molecule has 0 aliphatic carbocycles. The molecule has 8 heteroatoms. The van der Waals surface area contributed by atoms with Crippen molar-refractivity contribution in [3.63, 3.8) is 0 Å². The number of anilines is 1. The van der Waals surface area contributed by atoms with Gasteiger partial charge < -0.3 is 25.2 Å². The highest BCUT2D eigenvalue weighted by Gasteiger charge is 2.26. The van der Waals surface area contributed by atoms with Crippen LogP contribution in [0.4, 0.5) is 5.69 Å². The Bertz CT molecular complexity index is 925. The first-order valence-corrected chi connectivity index (χ1v) is 9.11. The molecule has 2 unspecified atom stereocenters. The lowest BCUT2D eigenvalue weighted by molar-refractivity contribution is -0.138. The maximum atomic E-state index is 12.6. The number of rotatable bonds is 6. The van der Waals surface area contributed by atoms with E-state index in [0.717, 1.165) is 11.3 Å². The number of aliphatic carboxylic acids is 1. The lowest BCUT2D eigenvalue weighted by atomic mass is 9.95. The Morgan fingerprint density at radius 3 is 2.55 bits per heavy atom. The van der Waals surface area contributed by atoms with Crippen molar-refractivity contribution in [1.82, 2.24) is 5.32 Å². The molecule has 1 heterocycles. The van der Waals surface area contributed by atoms with Gasteiger partial charge in [0.2, 0.25) is 5.91 Å². The summed E-state index contributed by atoms with van der Waals surface area (Å²) in [7, 11) is 1.59. The van der Waals surface area contributed by atoms with Crippen LogP contribution in [0.5, 0.6) is 11.5 Å². The summed E-state index contributed by atoms with van der Waals surface area (Å²) in [6, 6.07) is 10.8. The number of amides is 2. The average Bonchev–Trinajstić information content (AvgIpc) is 2.73. The van der Waals surface area contributed by atoms with Crippen molar-refractivity contribution in [3.8, 4) is 11.5 Å². The van der Waals surface area contributed by atoms with E-state index in [1.165, 1.54) is 19.1 Å². The minimum absolute atomic E-state index is 0.185. The monoisotopic (exact) mass is 398 g/mol. The van der Waals surface area contributed by atoms with Gasteiger partial charge in [-0.15, -0.1) is 0 Å². The van der Waals surface area contributed by atoms with Crippen LogP contribution in [0.15, 0.2) is 42.5 Å². The Balaban J connectivity index is 1.61. The van der Waals surface area contributed by atoms with Crippen molar-refractivity contribution in [2.45, 2.75) is 19.4 Å². The van der Waals surface area contributed by atoms with Crippen molar-refractivity contribution in [3.05, 3.63) is 53.6 Å². The molecule has 0 bridgehead atoms. The Morgan fingerprint density at radius 2 is 1.90 bits per heavy atom. The molecule has 29 heavy (non-hydrogen) atoms. The number of nitrogens with one attached hydrogen (secondary N) is 2. The number of carboxylic acid groups (broad SMARTS) is 1. The predicted octanol–water partition coefficient (Wildman–Crippen LogP) is 2.09. The highest BCUT2D eigenvalue weighted by Crippen LogP contribution is 2.31. The second kappa shape index (κ2) is 8.64. The fraction of sp³-hybridized carbons (Fsp3) is 0.286. The summed E-state index contributed by atoms with van der Waals surface area (Å²) >= 11 is 0. The number of methoxy groups -OCH3 is 1. The molecule has 2 amide bonds. The van der Waals surface area contributed by atoms with Gasteiger partial charge in [0, 0.05) is 11.3 Å². The molecule has 0 aromatic heterocycles. The van der Waals surface area contributed by atoms with Crippen molar-refractivity contribution >= 4 is 23.5 Å². The maximum absolute atomic E-state index is 12.6. The Labute approximate surface area is 167 Å². The number of benzene rings is 2. The van der Waals surface area contributed by atoms with Crippen LogP contribution in [-0.4, -0.2) is 42.6 Å². The molecule has 0 radical (unpaired) electrons. The Morgan fingerprint density at radius 1 is 1.17 bits per heavy atom. The van der Waals surface area contributed by atoms with E-state index >= 15 is 0 Å². The van der Waals surface area contributed by atoms with Crippen LogP contribution in [0.2, 0.25) is 0 Å². The van der Waals surface area contributed by atoms with Crippen LogP contribution in [0.25, 0.3) is 0 Å². The summed E-state index contributed by atoms with van der Waals surface area (Å²) in [4.78, 5) is 35.5. The number of carbonyl (C=O) groups excluding carboxylic acids is 2. The zero-order valence-corrected chi connectivity index (χ0v) is 16.1. The Hall–Kier alpha value is -3.55. The van der Waals surface area contributed by atoms with Crippen molar-refractivity contribution in [2.75, 3.05) is 19.0 Å². The van der Waals surface area contributed by atoms with Crippen LogP contribution in [0.3, 0.4) is 0 Å². The molecule has 0 saturated heterocycles. The summed E-state index contributed by atoms with van der Waals surface area (Å²) in [5, 5.41) is 14.0. The van der Waals surface area contributed by atoms with E-state index in [2.05, 4.69) is 10.6 Å². The molecule has 3 rings (SSSR count). The Kier molecular flexibility index (Phi) is 6.01. The predicted molar refractivity (Wildman–Crippen MR) is 105 cm³/mol. The largest absolute Gasteiger partial charge is 0.497 e. The van der Waals surface area contributed by atoms with Crippen LogP contribution < -0.4 is 20.1 Å². The minimum Gasteiger partial charge on any atom is -0.497 e. The van der Waals surface area contributed by atoms with Crippen LogP contribution in [-0.2, 0) is 16.0 Å². The second-order valence-electron chi connectivity index (χ2n) is 6.79. The van der Waals surface area contributed by atoms with Gasteiger partial charge in [0.05, 0.1) is 13.0 Å². The first-order chi connectivity index (χ1) is 13.9. The van der Waals surface area contributed by atoms with Gasteiger partial charge in [-0.05, 0) is 61.4 Å².